The van der Waals surface area contributed by atoms with Gasteiger partial charge in [-0.25, -0.2) is 14.1 Å². The van der Waals surface area contributed by atoms with Gasteiger partial charge in [0.05, 0.1) is 23.3 Å². The Bertz CT molecular complexity index is 1200. The number of carbonyl (C=O) groups is 1. The quantitative estimate of drug-likeness (QED) is 0.538. The number of benzene rings is 1. The van der Waals surface area contributed by atoms with Crippen molar-refractivity contribution >= 4 is 17.2 Å². The number of hydrogen-bond donors (Lipinski definition) is 2. The second kappa shape index (κ2) is 7.27. The summed E-state index contributed by atoms with van der Waals surface area (Å²) in [5.41, 5.74) is 1.81. The number of anilines is 1. The molecule has 2 N–H and O–H groups in total. The Labute approximate surface area is 171 Å². The summed E-state index contributed by atoms with van der Waals surface area (Å²) in [7, 11) is 0. The Morgan fingerprint density at radius 3 is 2.77 bits per heavy atom. The molecule has 3 aromatic heterocycles. The standard InChI is InChI=1S/C21H19FN6O2/c22-14-3-5-15(6-4-14)28-10-7-16(25-28)21(30)24-17-12-27(13-19(17)29)20-18-2-1-9-26(18)11-8-23-20/h1-11,17,19,29H,12-13H2,(H,24,30)/t17-,19-/m1/s1. The topological polar surface area (TPSA) is 87.7 Å². The van der Waals surface area contributed by atoms with Gasteiger partial charge in [-0.05, 0) is 42.5 Å². The average Bonchev–Trinajstić information content (AvgIpc) is 3.48. The Hall–Kier alpha value is -3.72. The van der Waals surface area contributed by atoms with Crippen molar-refractivity contribution in [1.29, 1.82) is 0 Å². The fraction of sp³-hybridized carbons (Fsp3) is 0.190. The van der Waals surface area contributed by atoms with Gasteiger partial charge >= 0.3 is 0 Å². The minimum Gasteiger partial charge on any atom is -0.389 e. The van der Waals surface area contributed by atoms with Gasteiger partial charge < -0.3 is 19.7 Å². The number of amides is 1. The second-order valence-corrected chi connectivity index (χ2v) is 7.23. The van der Waals surface area contributed by atoms with Gasteiger partial charge in [-0.3, -0.25) is 4.79 Å². The molecule has 1 fully saturated rings. The van der Waals surface area contributed by atoms with Crippen LogP contribution in [-0.4, -0.2) is 55.4 Å². The molecular weight excluding hydrogens is 387 g/mol. The van der Waals surface area contributed by atoms with Crippen LogP contribution < -0.4 is 10.2 Å². The van der Waals surface area contributed by atoms with E-state index < -0.39 is 12.1 Å². The first-order chi connectivity index (χ1) is 14.6. The summed E-state index contributed by atoms with van der Waals surface area (Å²) in [6.45, 7) is 0.802. The molecule has 8 nitrogen and oxygen atoms in total. The molecular formula is C21H19FN6O2. The zero-order valence-electron chi connectivity index (χ0n) is 15.9. The molecule has 0 radical (unpaired) electrons. The lowest BCUT2D eigenvalue weighted by molar-refractivity contribution is 0.0883. The first-order valence-corrected chi connectivity index (χ1v) is 9.56. The van der Waals surface area contributed by atoms with Crippen LogP contribution in [0.5, 0.6) is 0 Å². The van der Waals surface area contributed by atoms with Gasteiger partial charge in [0, 0.05) is 37.9 Å². The molecule has 4 aromatic rings. The van der Waals surface area contributed by atoms with E-state index in [1.807, 2.05) is 33.8 Å². The lowest BCUT2D eigenvalue weighted by Crippen LogP contribution is -2.43. The predicted molar refractivity (Wildman–Crippen MR) is 108 cm³/mol. The lowest BCUT2D eigenvalue weighted by Gasteiger charge is -2.18. The van der Waals surface area contributed by atoms with Gasteiger partial charge in [0.1, 0.15) is 5.82 Å². The first-order valence-electron chi connectivity index (χ1n) is 9.56. The van der Waals surface area contributed by atoms with Crippen molar-refractivity contribution in [2.45, 2.75) is 12.1 Å². The number of aromatic nitrogens is 4. The summed E-state index contributed by atoms with van der Waals surface area (Å²) in [5.74, 6) is 0.0449. The van der Waals surface area contributed by atoms with E-state index in [4.69, 9.17) is 0 Å². The molecule has 1 amide bonds. The SMILES string of the molecule is O=C(N[C@@H]1CN(c2nccn3cccc23)C[C@H]1O)c1ccn(-c2ccc(F)cc2)n1. The summed E-state index contributed by atoms with van der Waals surface area (Å²) in [4.78, 5) is 19.1. The van der Waals surface area contributed by atoms with Crippen molar-refractivity contribution in [3.8, 4) is 5.69 Å². The van der Waals surface area contributed by atoms with Crippen molar-refractivity contribution in [1.82, 2.24) is 24.5 Å². The van der Waals surface area contributed by atoms with Gasteiger partial charge in [-0.1, -0.05) is 0 Å². The lowest BCUT2D eigenvalue weighted by atomic mass is 10.2. The normalized spacial score (nSPS) is 18.8. The Morgan fingerprint density at radius 2 is 1.93 bits per heavy atom. The van der Waals surface area contributed by atoms with Crippen molar-refractivity contribution < 1.29 is 14.3 Å². The Kier molecular flexibility index (Phi) is 4.44. The van der Waals surface area contributed by atoms with E-state index in [1.165, 1.54) is 16.8 Å². The highest BCUT2D eigenvalue weighted by Gasteiger charge is 2.34. The van der Waals surface area contributed by atoms with Crippen molar-refractivity contribution in [2.24, 2.45) is 0 Å². The zero-order valence-corrected chi connectivity index (χ0v) is 15.9. The number of rotatable bonds is 4. The van der Waals surface area contributed by atoms with Gasteiger partial charge in [-0.15, -0.1) is 0 Å². The van der Waals surface area contributed by atoms with E-state index in [2.05, 4.69) is 15.4 Å². The summed E-state index contributed by atoms with van der Waals surface area (Å²) >= 11 is 0. The molecule has 30 heavy (non-hydrogen) atoms. The minimum atomic E-state index is -0.731. The fourth-order valence-corrected chi connectivity index (χ4v) is 3.73. The van der Waals surface area contributed by atoms with Gasteiger partial charge in [0.25, 0.3) is 5.91 Å². The summed E-state index contributed by atoms with van der Waals surface area (Å²) in [5, 5.41) is 17.6. The molecule has 4 heterocycles. The molecule has 0 spiro atoms. The molecule has 1 aliphatic rings. The fourth-order valence-electron chi connectivity index (χ4n) is 3.73. The molecule has 0 bridgehead atoms. The minimum absolute atomic E-state index is 0.219. The van der Waals surface area contributed by atoms with E-state index in [9.17, 15) is 14.3 Å². The van der Waals surface area contributed by atoms with Crippen molar-refractivity contribution in [3.05, 3.63) is 78.8 Å². The molecule has 5 rings (SSSR count). The van der Waals surface area contributed by atoms with Crippen molar-refractivity contribution in [3.63, 3.8) is 0 Å². The third-order valence-electron chi connectivity index (χ3n) is 5.25. The third-order valence-corrected chi connectivity index (χ3v) is 5.25. The molecule has 1 aromatic carbocycles. The number of aliphatic hydroxyl groups is 1. The largest absolute Gasteiger partial charge is 0.389 e. The van der Waals surface area contributed by atoms with Gasteiger partial charge in [0.15, 0.2) is 11.5 Å². The smallest absolute Gasteiger partial charge is 0.272 e. The number of nitrogens with zero attached hydrogens (tertiary/aromatic N) is 5. The van der Waals surface area contributed by atoms with E-state index in [0.29, 0.717) is 18.8 Å². The highest BCUT2D eigenvalue weighted by molar-refractivity contribution is 5.92. The molecule has 1 saturated heterocycles. The van der Waals surface area contributed by atoms with Gasteiger partial charge in [-0.2, -0.15) is 5.10 Å². The van der Waals surface area contributed by atoms with Crippen LogP contribution in [0.2, 0.25) is 0 Å². The predicted octanol–water partition coefficient (Wildman–Crippen LogP) is 1.64. The van der Waals surface area contributed by atoms with Crippen molar-refractivity contribution in [2.75, 3.05) is 18.0 Å². The molecule has 0 saturated carbocycles. The van der Waals surface area contributed by atoms with Crippen LogP contribution in [0, 0.1) is 5.82 Å². The van der Waals surface area contributed by atoms with E-state index in [0.717, 1.165) is 11.3 Å². The summed E-state index contributed by atoms with van der Waals surface area (Å²) in [6, 6.07) is 10.9. The molecule has 152 valence electrons. The van der Waals surface area contributed by atoms with Crippen LogP contribution in [0.4, 0.5) is 10.2 Å². The molecule has 0 aliphatic carbocycles. The third kappa shape index (κ3) is 3.29. The van der Waals surface area contributed by atoms with E-state index in [-0.39, 0.29) is 17.4 Å². The van der Waals surface area contributed by atoms with Crippen LogP contribution in [0.3, 0.4) is 0 Å². The first kappa shape index (κ1) is 18.3. The maximum absolute atomic E-state index is 13.1. The maximum Gasteiger partial charge on any atom is 0.272 e. The number of fused-ring (bicyclic) bond motifs is 1. The van der Waals surface area contributed by atoms with Crippen LogP contribution >= 0.6 is 0 Å². The highest BCUT2D eigenvalue weighted by atomic mass is 19.1. The number of aliphatic hydroxyl groups excluding tert-OH is 1. The number of carbonyl (C=O) groups excluding carboxylic acids is 1. The zero-order chi connectivity index (χ0) is 20.7. The Balaban J connectivity index is 1.30. The summed E-state index contributed by atoms with van der Waals surface area (Å²) < 4.78 is 16.6. The molecule has 2 atom stereocenters. The van der Waals surface area contributed by atoms with Crippen LogP contribution in [0.25, 0.3) is 11.2 Å². The number of hydrogen-bond acceptors (Lipinski definition) is 5. The number of halogens is 1. The molecule has 0 unspecified atom stereocenters. The van der Waals surface area contributed by atoms with Crippen LogP contribution in [0.1, 0.15) is 10.5 Å². The highest BCUT2D eigenvalue weighted by Crippen LogP contribution is 2.24. The van der Waals surface area contributed by atoms with Gasteiger partial charge in [0.2, 0.25) is 0 Å². The molecule has 1 aliphatic heterocycles. The maximum atomic E-state index is 13.1. The number of β-amino-alcohol motifs (C(OH)–C–C–N with tert-alkyl or cyclic N) is 1. The summed E-state index contributed by atoms with van der Waals surface area (Å²) in [6.07, 6.45) is 6.41. The molecule has 9 heteroatoms. The second-order valence-electron chi connectivity index (χ2n) is 7.23. The van der Waals surface area contributed by atoms with E-state index in [1.54, 1.807) is 30.6 Å². The monoisotopic (exact) mass is 406 g/mol. The van der Waals surface area contributed by atoms with E-state index >= 15 is 0 Å². The Morgan fingerprint density at radius 1 is 1.10 bits per heavy atom. The number of nitrogens with one attached hydrogen (secondary N) is 1. The van der Waals surface area contributed by atoms with Crippen LogP contribution in [-0.2, 0) is 0 Å². The average molecular weight is 406 g/mol. The van der Waals surface area contributed by atoms with Crippen LogP contribution in [0.15, 0.2) is 67.3 Å².